The number of hydrogen-bond acceptors (Lipinski definition) is 6. The van der Waals surface area contributed by atoms with Crippen LogP contribution in [0.2, 0.25) is 0 Å². The van der Waals surface area contributed by atoms with Gasteiger partial charge in [0.2, 0.25) is 0 Å². The highest BCUT2D eigenvalue weighted by Gasteiger charge is 2.27. The molecule has 0 bridgehead atoms. The van der Waals surface area contributed by atoms with Crippen molar-refractivity contribution in [3.8, 4) is 45.6 Å². The Kier molecular flexibility index (Phi) is 21.6. The van der Waals surface area contributed by atoms with Gasteiger partial charge in [0.1, 0.15) is 0 Å². The molecule has 0 fully saturated rings. The second-order valence-electron chi connectivity index (χ2n) is 19.8. The van der Waals surface area contributed by atoms with E-state index in [4.69, 9.17) is 28.4 Å². The summed E-state index contributed by atoms with van der Waals surface area (Å²) in [6, 6.07) is 31.4. The lowest BCUT2D eigenvalue weighted by Gasteiger charge is -2.21. The van der Waals surface area contributed by atoms with Crippen LogP contribution in [-0.2, 0) is 0 Å². The first-order chi connectivity index (χ1) is 34.6. The Morgan fingerprint density at radius 3 is 0.814 bits per heavy atom. The number of hydrogen-bond donors (Lipinski definition) is 0. The molecule has 1 aliphatic rings. The second-order valence-corrected chi connectivity index (χ2v) is 19.8. The van der Waals surface area contributed by atoms with Crippen molar-refractivity contribution in [2.24, 2.45) is 0 Å². The fourth-order valence-corrected chi connectivity index (χ4v) is 10.3. The van der Waals surface area contributed by atoms with Gasteiger partial charge in [-0.25, -0.2) is 0 Å². The number of benzene rings is 6. The molecule has 70 heavy (non-hydrogen) atoms. The molecule has 1 aliphatic carbocycles. The van der Waals surface area contributed by atoms with E-state index in [1.807, 2.05) is 0 Å². The molecule has 0 N–H and O–H groups in total. The number of fused-ring (bicyclic) bond motifs is 9. The van der Waals surface area contributed by atoms with Gasteiger partial charge in [-0.2, -0.15) is 0 Å². The summed E-state index contributed by atoms with van der Waals surface area (Å²) in [5.74, 6) is 5.32. The van der Waals surface area contributed by atoms with Gasteiger partial charge in [0.25, 0.3) is 0 Å². The zero-order valence-corrected chi connectivity index (χ0v) is 43.9. The fourth-order valence-electron chi connectivity index (χ4n) is 10.3. The van der Waals surface area contributed by atoms with Crippen LogP contribution in [-0.4, -0.2) is 39.6 Å². The summed E-state index contributed by atoms with van der Waals surface area (Å²) < 4.78 is 40.0. The average molecular weight is 951 g/mol. The molecule has 0 saturated carbocycles. The molecule has 0 heterocycles. The van der Waals surface area contributed by atoms with E-state index in [0.29, 0.717) is 45.6 Å². The lowest BCUT2D eigenvalue weighted by atomic mass is 9.91. The minimum atomic E-state index is 0.518. The smallest absolute Gasteiger partial charge is 0.161 e. The van der Waals surface area contributed by atoms with Crippen molar-refractivity contribution in [1.82, 2.24) is 0 Å². The molecule has 0 aromatic heterocycles. The van der Waals surface area contributed by atoms with Crippen LogP contribution in [0.3, 0.4) is 0 Å². The number of unbranched alkanes of at least 4 members (excludes halogenated alkanes) is 15. The molecule has 6 aromatic rings. The van der Waals surface area contributed by atoms with Crippen molar-refractivity contribution >= 4 is 32.3 Å². The van der Waals surface area contributed by atoms with E-state index in [1.54, 1.807) is 0 Å². The van der Waals surface area contributed by atoms with E-state index < -0.39 is 0 Å². The second kappa shape index (κ2) is 28.7. The topological polar surface area (TPSA) is 55.4 Å². The van der Waals surface area contributed by atoms with Crippen LogP contribution in [0.5, 0.6) is 34.5 Å². The van der Waals surface area contributed by atoms with Gasteiger partial charge >= 0.3 is 0 Å². The van der Waals surface area contributed by atoms with E-state index >= 15 is 0 Å². The molecule has 6 aromatic carbocycles. The van der Waals surface area contributed by atoms with Crippen molar-refractivity contribution in [3.05, 3.63) is 96.1 Å². The molecule has 378 valence electrons. The Labute approximate surface area is 422 Å². The van der Waals surface area contributed by atoms with Crippen LogP contribution in [0, 0.1) is 0 Å². The first-order valence-electron chi connectivity index (χ1n) is 28.1. The highest BCUT2D eigenvalue weighted by Crippen LogP contribution is 2.49. The van der Waals surface area contributed by atoms with Gasteiger partial charge in [0, 0.05) is 5.92 Å². The van der Waals surface area contributed by atoms with Crippen LogP contribution in [0.15, 0.2) is 84.9 Å². The predicted octanol–water partition coefficient (Wildman–Crippen LogP) is 18.9. The monoisotopic (exact) mass is 951 g/mol. The molecule has 7 rings (SSSR count). The van der Waals surface area contributed by atoms with Crippen LogP contribution in [0.1, 0.15) is 193 Å². The summed E-state index contributed by atoms with van der Waals surface area (Å²) in [5.41, 5.74) is 5.86. The summed E-state index contributed by atoms with van der Waals surface area (Å²) >= 11 is 0. The molecule has 0 saturated heterocycles. The minimum Gasteiger partial charge on any atom is -0.490 e. The molecule has 0 spiro atoms. The zero-order valence-electron chi connectivity index (χ0n) is 43.9. The van der Waals surface area contributed by atoms with E-state index in [2.05, 4.69) is 120 Å². The van der Waals surface area contributed by atoms with Crippen molar-refractivity contribution in [2.45, 2.75) is 182 Å². The van der Waals surface area contributed by atoms with Crippen LogP contribution < -0.4 is 28.4 Å². The lowest BCUT2D eigenvalue weighted by molar-refractivity contribution is 0.259. The SMILES string of the molecule is CCCCCOc1cc2c3cc(OCCCCC)c(OCCCCC)cc3c3cc(OCCCCCCCCC4c5ccccc5-c5ccccc54)c(OCCCCC)cc3c2cc1OCCCCC. The molecule has 0 unspecified atom stereocenters. The molecular formula is C64H86O6. The summed E-state index contributed by atoms with van der Waals surface area (Å²) in [4.78, 5) is 0. The number of rotatable bonds is 35. The average Bonchev–Trinajstić information content (AvgIpc) is 3.70. The van der Waals surface area contributed by atoms with Crippen molar-refractivity contribution < 1.29 is 28.4 Å². The van der Waals surface area contributed by atoms with Gasteiger partial charge in [-0.05, 0) is 136 Å². The van der Waals surface area contributed by atoms with Gasteiger partial charge in [-0.15, -0.1) is 0 Å². The minimum absolute atomic E-state index is 0.518. The maximum Gasteiger partial charge on any atom is 0.161 e. The maximum atomic E-state index is 6.80. The van der Waals surface area contributed by atoms with Gasteiger partial charge in [-0.3, -0.25) is 0 Å². The molecule has 0 aliphatic heterocycles. The van der Waals surface area contributed by atoms with Gasteiger partial charge < -0.3 is 28.4 Å². The van der Waals surface area contributed by atoms with E-state index in [-0.39, 0.29) is 0 Å². The summed E-state index contributed by atoms with van der Waals surface area (Å²) in [5, 5.41) is 6.63. The predicted molar refractivity (Wildman–Crippen MR) is 296 cm³/mol. The first kappa shape index (κ1) is 52.7. The zero-order chi connectivity index (χ0) is 48.8. The Hall–Kier alpha value is -5.10. The third kappa shape index (κ3) is 14.1. The fraction of sp³-hybridized carbons (Fsp3) is 0.531. The summed E-state index contributed by atoms with van der Waals surface area (Å²) in [7, 11) is 0. The Bertz CT molecular complexity index is 2410. The molecule has 6 heteroatoms. The first-order valence-corrected chi connectivity index (χ1v) is 28.1. The van der Waals surface area contributed by atoms with Gasteiger partial charge in [0.05, 0.1) is 39.6 Å². The highest BCUT2D eigenvalue weighted by atomic mass is 16.5. The largest absolute Gasteiger partial charge is 0.490 e. The lowest BCUT2D eigenvalue weighted by Crippen LogP contribution is -2.05. The molecule has 0 atom stereocenters. The van der Waals surface area contributed by atoms with E-state index in [9.17, 15) is 0 Å². The maximum absolute atomic E-state index is 6.80. The van der Waals surface area contributed by atoms with E-state index in [1.165, 1.54) is 54.4 Å². The molecular weight excluding hydrogens is 865 g/mol. The molecule has 6 nitrogen and oxygen atoms in total. The quantitative estimate of drug-likeness (QED) is 0.0292. The normalized spacial score (nSPS) is 12.2. The molecule has 0 radical (unpaired) electrons. The highest BCUT2D eigenvalue weighted by molar-refractivity contribution is 6.26. The van der Waals surface area contributed by atoms with Crippen molar-refractivity contribution in [2.75, 3.05) is 39.6 Å². The van der Waals surface area contributed by atoms with Gasteiger partial charge in [0.15, 0.2) is 34.5 Å². The Morgan fingerprint density at radius 2 is 0.529 bits per heavy atom. The number of ether oxygens (including phenoxy) is 6. The standard InChI is InChI=1S/C64H86O6/c1-6-11-25-36-65-59-42-53-54-43-60(66-37-26-12-7-2)62(68-39-28-14-9-4)45-56(54)58-47-64(63(69-40-29-15-10-5)46-57(58)55(53)44-61(59)67-38-27-13-8-3)70-41-30-19-17-16-18-20-31-48-49-32-21-23-34-51(49)52-35-24-22-33-50(48)52/h21-24,32-35,42-48H,6-20,25-31,36-41H2,1-5H3. The molecule has 0 amide bonds. The third-order valence-electron chi connectivity index (χ3n) is 14.3. The van der Waals surface area contributed by atoms with Crippen LogP contribution in [0.25, 0.3) is 43.4 Å². The van der Waals surface area contributed by atoms with E-state index in [0.717, 1.165) is 176 Å². The Morgan fingerprint density at radius 1 is 0.286 bits per heavy atom. The Balaban J connectivity index is 1.17. The van der Waals surface area contributed by atoms with Gasteiger partial charge in [-0.1, -0.05) is 179 Å². The third-order valence-corrected chi connectivity index (χ3v) is 14.3. The summed E-state index contributed by atoms with van der Waals surface area (Å²) in [6.45, 7) is 15.1. The van der Waals surface area contributed by atoms with Crippen molar-refractivity contribution in [1.29, 1.82) is 0 Å². The summed E-state index contributed by atoms with van der Waals surface area (Å²) in [6.07, 6.45) is 24.7. The van der Waals surface area contributed by atoms with Crippen LogP contribution in [0.4, 0.5) is 0 Å². The van der Waals surface area contributed by atoms with Crippen LogP contribution >= 0.6 is 0 Å². The van der Waals surface area contributed by atoms with Crippen molar-refractivity contribution in [3.63, 3.8) is 0 Å².